The SMILES string of the molecule is CN(C)C(=O)c1ccc(NC(=O)[C@@H]2CCCNC2)cc1.Cl. The molecule has 0 aromatic heterocycles. The van der Waals surface area contributed by atoms with E-state index in [1.165, 1.54) is 4.90 Å². The Morgan fingerprint density at radius 2 is 1.90 bits per heavy atom. The molecule has 6 heteroatoms. The van der Waals surface area contributed by atoms with Crippen LogP contribution in [0.4, 0.5) is 5.69 Å². The van der Waals surface area contributed by atoms with Gasteiger partial charge in [-0.15, -0.1) is 12.4 Å². The van der Waals surface area contributed by atoms with Crippen LogP contribution in [0.5, 0.6) is 0 Å². The molecule has 1 heterocycles. The van der Waals surface area contributed by atoms with Crippen LogP contribution in [-0.2, 0) is 4.79 Å². The van der Waals surface area contributed by atoms with Crippen LogP contribution in [0, 0.1) is 5.92 Å². The monoisotopic (exact) mass is 311 g/mol. The van der Waals surface area contributed by atoms with Gasteiger partial charge in [-0.2, -0.15) is 0 Å². The molecule has 0 unspecified atom stereocenters. The van der Waals surface area contributed by atoms with Gasteiger partial charge in [0.05, 0.1) is 5.92 Å². The van der Waals surface area contributed by atoms with Crippen LogP contribution in [0.2, 0.25) is 0 Å². The summed E-state index contributed by atoms with van der Waals surface area (Å²) in [7, 11) is 3.43. The van der Waals surface area contributed by atoms with Gasteiger partial charge in [0, 0.05) is 31.9 Å². The van der Waals surface area contributed by atoms with Crippen molar-refractivity contribution in [2.24, 2.45) is 5.92 Å². The number of amides is 2. The molecule has 1 aliphatic rings. The Balaban J connectivity index is 0.00000220. The molecule has 2 amide bonds. The topological polar surface area (TPSA) is 61.4 Å². The molecule has 0 saturated carbocycles. The lowest BCUT2D eigenvalue weighted by molar-refractivity contribution is -0.120. The normalized spacial score (nSPS) is 17.5. The summed E-state index contributed by atoms with van der Waals surface area (Å²) in [6.45, 7) is 1.73. The van der Waals surface area contributed by atoms with E-state index in [0.29, 0.717) is 5.56 Å². The predicted molar refractivity (Wildman–Crippen MR) is 85.9 cm³/mol. The molecule has 21 heavy (non-hydrogen) atoms. The van der Waals surface area contributed by atoms with Gasteiger partial charge >= 0.3 is 0 Å². The minimum Gasteiger partial charge on any atom is -0.345 e. The van der Waals surface area contributed by atoms with Crippen molar-refractivity contribution in [3.8, 4) is 0 Å². The fourth-order valence-electron chi connectivity index (χ4n) is 2.27. The third-order valence-corrected chi connectivity index (χ3v) is 3.47. The van der Waals surface area contributed by atoms with Crippen LogP contribution in [0.1, 0.15) is 23.2 Å². The average molecular weight is 312 g/mol. The average Bonchev–Trinajstić information content (AvgIpc) is 2.48. The van der Waals surface area contributed by atoms with Crippen LogP contribution >= 0.6 is 12.4 Å². The molecule has 5 nitrogen and oxygen atoms in total. The fraction of sp³-hybridized carbons (Fsp3) is 0.467. The Labute approximate surface area is 131 Å². The number of benzene rings is 1. The molecule has 0 bridgehead atoms. The highest BCUT2D eigenvalue weighted by atomic mass is 35.5. The number of carbonyl (C=O) groups excluding carboxylic acids is 2. The van der Waals surface area contributed by atoms with Gasteiger partial charge in [0.2, 0.25) is 5.91 Å². The highest BCUT2D eigenvalue weighted by molar-refractivity contribution is 5.96. The second-order valence-corrected chi connectivity index (χ2v) is 5.31. The Morgan fingerprint density at radius 3 is 2.43 bits per heavy atom. The van der Waals surface area contributed by atoms with Gasteiger partial charge in [-0.25, -0.2) is 0 Å². The minimum atomic E-state index is -0.0423. The van der Waals surface area contributed by atoms with E-state index in [2.05, 4.69) is 10.6 Å². The van der Waals surface area contributed by atoms with Crippen molar-refractivity contribution in [2.45, 2.75) is 12.8 Å². The lowest BCUT2D eigenvalue weighted by Gasteiger charge is -2.21. The summed E-state index contributed by atoms with van der Waals surface area (Å²) in [5, 5.41) is 6.13. The molecular formula is C15H22ClN3O2. The van der Waals surface area contributed by atoms with E-state index in [1.807, 2.05) is 0 Å². The molecule has 1 fully saturated rings. The van der Waals surface area contributed by atoms with Gasteiger partial charge in [0.15, 0.2) is 0 Å². The number of hydrogen-bond acceptors (Lipinski definition) is 3. The van der Waals surface area contributed by atoms with Crippen LogP contribution < -0.4 is 10.6 Å². The van der Waals surface area contributed by atoms with Crippen LogP contribution in [0.15, 0.2) is 24.3 Å². The van der Waals surface area contributed by atoms with Crippen molar-refractivity contribution in [1.82, 2.24) is 10.2 Å². The summed E-state index contributed by atoms with van der Waals surface area (Å²) in [5.74, 6) is 0.0371. The number of nitrogens with one attached hydrogen (secondary N) is 2. The van der Waals surface area contributed by atoms with Gasteiger partial charge in [0.1, 0.15) is 0 Å². The van der Waals surface area contributed by atoms with Crippen molar-refractivity contribution >= 4 is 29.9 Å². The molecule has 0 spiro atoms. The number of carbonyl (C=O) groups is 2. The summed E-state index contributed by atoms with van der Waals surface area (Å²) in [6, 6.07) is 7.00. The second-order valence-electron chi connectivity index (χ2n) is 5.31. The van der Waals surface area contributed by atoms with Gasteiger partial charge in [-0.1, -0.05) is 0 Å². The lowest BCUT2D eigenvalue weighted by Crippen LogP contribution is -2.37. The first-order valence-electron chi connectivity index (χ1n) is 6.91. The number of hydrogen-bond donors (Lipinski definition) is 2. The van der Waals surface area contributed by atoms with E-state index in [-0.39, 0.29) is 30.1 Å². The number of halogens is 1. The molecular weight excluding hydrogens is 290 g/mol. The third kappa shape index (κ3) is 4.72. The standard InChI is InChI=1S/C15H21N3O2.ClH/c1-18(2)15(20)11-5-7-13(8-6-11)17-14(19)12-4-3-9-16-10-12;/h5-8,12,16H,3-4,9-10H2,1-2H3,(H,17,19);1H/t12-;/m1./s1. The van der Waals surface area contributed by atoms with E-state index in [4.69, 9.17) is 0 Å². The summed E-state index contributed by atoms with van der Waals surface area (Å²) in [5.41, 5.74) is 1.35. The maximum absolute atomic E-state index is 12.1. The number of nitrogens with zero attached hydrogens (tertiary/aromatic N) is 1. The Hall–Kier alpha value is -1.59. The highest BCUT2D eigenvalue weighted by Gasteiger charge is 2.20. The predicted octanol–water partition coefficient (Wildman–Crippen LogP) is 1.75. The summed E-state index contributed by atoms with van der Waals surface area (Å²) in [6.07, 6.45) is 1.96. The lowest BCUT2D eigenvalue weighted by atomic mass is 9.99. The Bertz CT molecular complexity index is 482. The van der Waals surface area contributed by atoms with Crippen LogP contribution in [-0.4, -0.2) is 43.9 Å². The minimum absolute atomic E-state index is 0. The van der Waals surface area contributed by atoms with Crippen molar-refractivity contribution in [2.75, 3.05) is 32.5 Å². The molecule has 1 aliphatic heterocycles. The van der Waals surface area contributed by atoms with Gasteiger partial charge < -0.3 is 15.5 Å². The summed E-state index contributed by atoms with van der Waals surface area (Å²) in [4.78, 5) is 25.4. The first kappa shape index (κ1) is 17.5. The van der Waals surface area contributed by atoms with E-state index < -0.39 is 0 Å². The van der Waals surface area contributed by atoms with E-state index >= 15 is 0 Å². The van der Waals surface area contributed by atoms with E-state index in [1.54, 1.807) is 38.4 Å². The quantitative estimate of drug-likeness (QED) is 0.894. The first-order valence-corrected chi connectivity index (χ1v) is 6.91. The number of anilines is 1. The highest BCUT2D eigenvalue weighted by Crippen LogP contribution is 2.15. The number of piperidine rings is 1. The molecule has 116 valence electrons. The van der Waals surface area contributed by atoms with E-state index in [0.717, 1.165) is 31.6 Å². The Morgan fingerprint density at radius 1 is 1.24 bits per heavy atom. The van der Waals surface area contributed by atoms with Gasteiger partial charge in [-0.05, 0) is 43.7 Å². The molecule has 1 aromatic rings. The van der Waals surface area contributed by atoms with Crippen molar-refractivity contribution in [3.63, 3.8) is 0 Å². The molecule has 2 N–H and O–H groups in total. The largest absolute Gasteiger partial charge is 0.345 e. The second kappa shape index (κ2) is 8.00. The van der Waals surface area contributed by atoms with Crippen molar-refractivity contribution in [1.29, 1.82) is 0 Å². The molecule has 1 saturated heterocycles. The van der Waals surface area contributed by atoms with Gasteiger partial charge in [-0.3, -0.25) is 9.59 Å². The van der Waals surface area contributed by atoms with Crippen LogP contribution in [0.25, 0.3) is 0 Å². The maximum atomic E-state index is 12.1. The van der Waals surface area contributed by atoms with Crippen molar-refractivity contribution < 1.29 is 9.59 Å². The smallest absolute Gasteiger partial charge is 0.253 e. The molecule has 0 aliphatic carbocycles. The molecule has 1 aromatic carbocycles. The zero-order valence-corrected chi connectivity index (χ0v) is 13.2. The zero-order valence-electron chi connectivity index (χ0n) is 12.4. The van der Waals surface area contributed by atoms with Gasteiger partial charge in [0.25, 0.3) is 5.91 Å². The first-order chi connectivity index (χ1) is 9.58. The zero-order chi connectivity index (χ0) is 14.5. The fourth-order valence-corrected chi connectivity index (χ4v) is 2.27. The molecule has 1 atom stereocenters. The van der Waals surface area contributed by atoms with Crippen LogP contribution in [0.3, 0.4) is 0 Å². The van der Waals surface area contributed by atoms with E-state index in [9.17, 15) is 9.59 Å². The third-order valence-electron chi connectivity index (χ3n) is 3.47. The van der Waals surface area contributed by atoms with Crippen molar-refractivity contribution in [3.05, 3.63) is 29.8 Å². The number of rotatable bonds is 3. The summed E-state index contributed by atoms with van der Waals surface area (Å²) >= 11 is 0. The summed E-state index contributed by atoms with van der Waals surface area (Å²) < 4.78 is 0. The molecule has 2 rings (SSSR count). The Kier molecular flexibility index (Phi) is 6.65. The maximum Gasteiger partial charge on any atom is 0.253 e. The molecule has 0 radical (unpaired) electrons.